The Labute approximate surface area is 96.0 Å². The van der Waals surface area contributed by atoms with Gasteiger partial charge in [0.15, 0.2) is 4.77 Å². The third kappa shape index (κ3) is 1.96. The van der Waals surface area contributed by atoms with Gasteiger partial charge in [-0.2, -0.15) is 5.26 Å². The van der Waals surface area contributed by atoms with Crippen LogP contribution in [0.3, 0.4) is 0 Å². The highest BCUT2D eigenvalue weighted by molar-refractivity contribution is 7.71. The molecule has 0 unspecified atom stereocenters. The quantitative estimate of drug-likeness (QED) is 0.770. The van der Waals surface area contributed by atoms with Gasteiger partial charge in [0.1, 0.15) is 10.9 Å². The van der Waals surface area contributed by atoms with E-state index in [0.717, 1.165) is 16.1 Å². The number of hydrogen-bond donors (Lipinski definition) is 1. The van der Waals surface area contributed by atoms with Crippen LogP contribution in [0.25, 0.3) is 10.6 Å². The molecule has 5 heteroatoms. The lowest BCUT2D eigenvalue weighted by Crippen LogP contribution is -1.88. The fraction of sp³-hybridized carbons (Fsp3) is 0.100. The van der Waals surface area contributed by atoms with Crippen LogP contribution in [0.4, 0.5) is 0 Å². The van der Waals surface area contributed by atoms with Crippen molar-refractivity contribution in [2.24, 2.45) is 0 Å². The molecule has 3 nitrogen and oxygen atoms in total. The molecule has 0 aromatic carbocycles. The summed E-state index contributed by atoms with van der Waals surface area (Å²) in [5.74, 6) is 0. The van der Waals surface area contributed by atoms with Gasteiger partial charge in [0.2, 0.25) is 0 Å². The molecule has 0 saturated heterocycles. The average Bonchev–Trinajstić information content (AvgIpc) is 2.70. The highest BCUT2D eigenvalue weighted by atomic mass is 32.1. The molecule has 0 aliphatic rings. The van der Waals surface area contributed by atoms with Crippen molar-refractivity contribution in [2.75, 3.05) is 0 Å². The fourth-order valence-electron chi connectivity index (χ4n) is 1.25. The molecule has 0 atom stereocenters. The summed E-state index contributed by atoms with van der Waals surface area (Å²) in [5.41, 5.74) is 1.97. The van der Waals surface area contributed by atoms with E-state index in [1.807, 2.05) is 13.0 Å². The minimum Gasteiger partial charge on any atom is -0.329 e. The van der Waals surface area contributed by atoms with Crippen molar-refractivity contribution >= 4 is 23.6 Å². The molecular weight excluding hydrogens is 226 g/mol. The Bertz CT molecular complexity index is 589. The molecule has 0 spiro atoms. The topological polar surface area (TPSA) is 52.5 Å². The van der Waals surface area contributed by atoms with Crippen molar-refractivity contribution < 1.29 is 0 Å². The summed E-state index contributed by atoms with van der Waals surface area (Å²) >= 11 is 6.41. The molecule has 2 heterocycles. The number of H-pyrrole nitrogens is 1. The molecule has 0 aliphatic heterocycles. The summed E-state index contributed by atoms with van der Waals surface area (Å²) in [7, 11) is 0. The molecule has 1 N–H and O–H groups in total. The molecule has 0 radical (unpaired) electrons. The smallest absolute Gasteiger partial charge is 0.197 e. The van der Waals surface area contributed by atoms with Gasteiger partial charge in [0, 0.05) is 6.20 Å². The second-order valence-corrected chi connectivity index (χ2v) is 4.49. The maximum Gasteiger partial charge on any atom is 0.197 e. The molecule has 0 bridgehead atoms. The molecular formula is C10H7N3S2. The van der Waals surface area contributed by atoms with E-state index in [9.17, 15) is 0 Å². The first-order chi connectivity index (χ1) is 7.20. The van der Waals surface area contributed by atoms with Crippen LogP contribution in [0.1, 0.15) is 10.4 Å². The number of nitrogens with zero attached hydrogens (tertiary/aromatic N) is 2. The minimum absolute atomic E-state index is 0.461. The number of aromatic nitrogens is 2. The van der Waals surface area contributed by atoms with Gasteiger partial charge in [-0.1, -0.05) is 0 Å². The first-order valence-corrected chi connectivity index (χ1v) is 5.49. The summed E-state index contributed by atoms with van der Waals surface area (Å²) < 4.78 is 0.461. The molecule has 74 valence electrons. The van der Waals surface area contributed by atoms with Gasteiger partial charge in [0.05, 0.1) is 10.6 Å². The number of rotatable bonds is 1. The van der Waals surface area contributed by atoms with E-state index >= 15 is 0 Å². The zero-order valence-corrected chi connectivity index (χ0v) is 9.58. The van der Waals surface area contributed by atoms with Crippen LogP contribution in [0.5, 0.6) is 0 Å². The molecule has 0 aliphatic carbocycles. The highest BCUT2D eigenvalue weighted by Crippen LogP contribution is 2.27. The van der Waals surface area contributed by atoms with Crippen molar-refractivity contribution in [3.63, 3.8) is 0 Å². The predicted octanol–water partition coefficient (Wildman–Crippen LogP) is 3.05. The number of aromatic amines is 1. The van der Waals surface area contributed by atoms with Gasteiger partial charge in [-0.25, -0.2) is 4.98 Å². The molecule has 0 saturated carbocycles. The third-order valence-corrected chi connectivity index (χ3v) is 3.18. The van der Waals surface area contributed by atoms with Gasteiger partial charge < -0.3 is 4.98 Å². The maximum atomic E-state index is 8.74. The first kappa shape index (κ1) is 10.0. The lowest BCUT2D eigenvalue weighted by Gasteiger charge is -2.01. The van der Waals surface area contributed by atoms with Crippen molar-refractivity contribution in [3.8, 4) is 16.6 Å². The Balaban J connectivity index is 2.59. The molecule has 0 fully saturated rings. The Kier molecular flexibility index (Phi) is 2.62. The van der Waals surface area contributed by atoms with Crippen LogP contribution >= 0.6 is 23.6 Å². The summed E-state index contributed by atoms with van der Waals surface area (Å²) in [4.78, 5) is 8.73. The molecule has 15 heavy (non-hydrogen) atoms. The summed E-state index contributed by atoms with van der Waals surface area (Å²) in [6.45, 7) is 1.96. The zero-order valence-electron chi connectivity index (χ0n) is 7.94. The van der Waals surface area contributed by atoms with Crippen LogP contribution in [-0.2, 0) is 0 Å². The SMILES string of the molecule is Cc1cnc(=S)[nH]c1-c1ccc(C#N)s1. The average molecular weight is 233 g/mol. The highest BCUT2D eigenvalue weighted by Gasteiger charge is 2.05. The maximum absolute atomic E-state index is 8.74. The van der Waals surface area contributed by atoms with E-state index in [-0.39, 0.29) is 0 Å². The predicted molar refractivity (Wildman–Crippen MR) is 62.2 cm³/mol. The van der Waals surface area contributed by atoms with E-state index in [0.29, 0.717) is 9.65 Å². The van der Waals surface area contributed by atoms with Crippen molar-refractivity contribution in [3.05, 3.63) is 33.5 Å². The van der Waals surface area contributed by atoms with E-state index < -0.39 is 0 Å². The standard InChI is InChI=1S/C10H7N3S2/c1-6-5-12-10(14)13-9(6)8-3-2-7(4-11)15-8/h2-3,5H,1H3,(H,12,13,14). The van der Waals surface area contributed by atoms with Crippen LogP contribution in [0, 0.1) is 23.0 Å². The van der Waals surface area contributed by atoms with E-state index in [4.69, 9.17) is 17.5 Å². The summed E-state index contributed by atoms with van der Waals surface area (Å²) in [6, 6.07) is 5.83. The van der Waals surface area contributed by atoms with Crippen molar-refractivity contribution in [1.29, 1.82) is 5.26 Å². The van der Waals surface area contributed by atoms with Crippen LogP contribution in [0.2, 0.25) is 0 Å². The Hall–Kier alpha value is -1.51. The summed E-state index contributed by atoms with van der Waals surface area (Å²) in [5, 5.41) is 8.74. The Morgan fingerprint density at radius 2 is 2.33 bits per heavy atom. The fourth-order valence-corrected chi connectivity index (χ4v) is 2.27. The Morgan fingerprint density at radius 1 is 1.53 bits per heavy atom. The minimum atomic E-state index is 0.461. The summed E-state index contributed by atoms with van der Waals surface area (Å²) in [6.07, 6.45) is 1.74. The van der Waals surface area contributed by atoms with E-state index in [1.165, 1.54) is 11.3 Å². The number of nitriles is 1. The van der Waals surface area contributed by atoms with E-state index in [2.05, 4.69) is 16.0 Å². The van der Waals surface area contributed by atoms with Gasteiger partial charge in [-0.05, 0) is 36.8 Å². The first-order valence-electron chi connectivity index (χ1n) is 4.27. The second kappa shape index (κ2) is 3.93. The molecule has 2 aromatic heterocycles. The van der Waals surface area contributed by atoms with Crippen LogP contribution in [-0.4, -0.2) is 9.97 Å². The number of thiophene rings is 1. The lowest BCUT2D eigenvalue weighted by molar-refractivity contribution is 1.11. The largest absolute Gasteiger partial charge is 0.329 e. The van der Waals surface area contributed by atoms with Crippen molar-refractivity contribution in [2.45, 2.75) is 6.92 Å². The van der Waals surface area contributed by atoms with Gasteiger partial charge in [-0.3, -0.25) is 0 Å². The zero-order chi connectivity index (χ0) is 10.8. The van der Waals surface area contributed by atoms with E-state index in [1.54, 1.807) is 12.3 Å². The van der Waals surface area contributed by atoms with Gasteiger partial charge >= 0.3 is 0 Å². The molecule has 0 amide bonds. The molecule has 2 rings (SSSR count). The molecule has 2 aromatic rings. The van der Waals surface area contributed by atoms with Crippen LogP contribution < -0.4 is 0 Å². The normalized spacial score (nSPS) is 9.87. The number of nitrogens with one attached hydrogen (secondary N) is 1. The Morgan fingerprint density at radius 3 is 3.00 bits per heavy atom. The van der Waals surface area contributed by atoms with Crippen molar-refractivity contribution in [1.82, 2.24) is 9.97 Å². The number of hydrogen-bond acceptors (Lipinski definition) is 4. The lowest BCUT2D eigenvalue weighted by atomic mass is 10.2. The van der Waals surface area contributed by atoms with Gasteiger partial charge in [0.25, 0.3) is 0 Å². The van der Waals surface area contributed by atoms with Gasteiger partial charge in [-0.15, -0.1) is 11.3 Å². The third-order valence-electron chi connectivity index (χ3n) is 1.96. The number of aryl methyl sites for hydroxylation is 1. The van der Waals surface area contributed by atoms with Crippen LogP contribution in [0.15, 0.2) is 18.3 Å². The second-order valence-electron chi connectivity index (χ2n) is 3.02. The monoisotopic (exact) mass is 233 g/mol.